The molecule has 1 unspecified atom stereocenters. The number of ether oxygens (including phenoxy) is 1. The molecule has 0 radical (unpaired) electrons. The number of hydrogen-bond acceptors (Lipinski definition) is 3. The Morgan fingerprint density at radius 1 is 1.03 bits per heavy atom. The molecule has 0 spiro atoms. The van der Waals surface area contributed by atoms with Gasteiger partial charge in [0.25, 0.3) is 0 Å². The van der Waals surface area contributed by atoms with Crippen molar-refractivity contribution in [1.82, 2.24) is 0 Å². The molecule has 0 bridgehead atoms. The van der Waals surface area contributed by atoms with Crippen molar-refractivity contribution < 1.29 is 36.2 Å². The number of alkyl halides is 3. The van der Waals surface area contributed by atoms with Crippen molar-refractivity contribution in [1.29, 1.82) is 0 Å². The normalized spacial score (nSPS) is 15.0. The average molecular weight is 448 g/mol. The van der Waals surface area contributed by atoms with Gasteiger partial charge in [0.2, 0.25) is 0 Å². The second-order valence-corrected chi connectivity index (χ2v) is 7.81. The zero-order chi connectivity index (χ0) is 23.6. The second-order valence-electron chi connectivity index (χ2n) is 7.81. The second kappa shape index (κ2) is 8.78. The van der Waals surface area contributed by atoms with Gasteiger partial charge in [-0.25, -0.2) is 18.2 Å². The Kier molecular flexibility index (Phi) is 6.94. The number of hydrogen-bond donors (Lipinski definition) is 2. The molecule has 4 nitrogen and oxygen atoms in total. The van der Waals surface area contributed by atoms with Crippen molar-refractivity contribution in [3.63, 3.8) is 0 Å². The van der Waals surface area contributed by atoms with E-state index in [1.165, 1.54) is 27.0 Å². The number of amidine groups is 1. The summed E-state index contributed by atoms with van der Waals surface area (Å²) in [6.45, 7) is 2.79. The molecule has 0 aliphatic heterocycles. The van der Waals surface area contributed by atoms with Crippen LogP contribution in [0.15, 0.2) is 41.4 Å². The molecule has 0 aromatic heterocycles. The molecule has 0 aliphatic rings. The minimum absolute atomic E-state index is 0.119. The van der Waals surface area contributed by atoms with Gasteiger partial charge in [-0.05, 0) is 42.2 Å². The van der Waals surface area contributed by atoms with Crippen LogP contribution in [0.4, 0.5) is 32.0 Å². The zero-order valence-electron chi connectivity index (χ0n) is 17.0. The van der Waals surface area contributed by atoms with E-state index < -0.39 is 53.3 Å². The standard InChI is InChI=1S/C21H22F6N2O2/c1-19(2,14-8-12(22)4-7-17(14)31-3)11-20(30,21(25,26)27)10-18(28)29-13-5-6-15(23)16(24)9-13/h4-9,30H,10-11H2,1-3H3,(H2,28,29). The first-order chi connectivity index (χ1) is 14.2. The van der Waals surface area contributed by atoms with Crippen molar-refractivity contribution in [2.24, 2.45) is 10.7 Å². The SMILES string of the molecule is COc1ccc(F)cc1C(C)(C)CC(O)(CC(N)=Nc1ccc(F)c(F)c1)C(F)(F)F. The smallest absolute Gasteiger partial charge is 0.417 e. The molecule has 1 atom stereocenters. The lowest BCUT2D eigenvalue weighted by Crippen LogP contribution is -2.51. The molecule has 170 valence electrons. The fraction of sp³-hybridized carbons (Fsp3) is 0.381. The predicted octanol–water partition coefficient (Wildman–Crippen LogP) is 5.15. The van der Waals surface area contributed by atoms with E-state index in [1.54, 1.807) is 0 Å². The van der Waals surface area contributed by atoms with E-state index in [0.717, 1.165) is 24.3 Å². The van der Waals surface area contributed by atoms with E-state index >= 15 is 0 Å². The van der Waals surface area contributed by atoms with Gasteiger partial charge in [-0.15, -0.1) is 0 Å². The number of rotatable bonds is 7. The Balaban J connectivity index is 2.41. The van der Waals surface area contributed by atoms with Gasteiger partial charge >= 0.3 is 6.18 Å². The Hall–Kier alpha value is -2.75. The summed E-state index contributed by atoms with van der Waals surface area (Å²) >= 11 is 0. The van der Waals surface area contributed by atoms with Gasteiger partial charge in [-0.2, -0.15) is 13.2 Å². The highest BCUT2D eigenvalue weighted by Crippen LogP contribution is 2.45. The first-order valence-corrected chi connectivity index (χ1v) is 9.10. The quantitative estimate of drug-likeness (QED) is 0.350. The summed E-state index contributed by atoms with van der Waals surface area (Å²) in [4.78, 5) is 3.65. The van der Waals surface area contributed by atoms with Crippen LogP contribution in [0.25, 0.3) is 0 Å². The highest BCUT2D eigenvalue weighted by atomic mass is 19.4. The number of methoxy groups -OCH3 is 1. The van der Waals surface area contributed by atoms with Crippen molar-refractivity contribution in [3.05, 3.63) is 59.4 Å². The highest BCUT2D eigenvalue weighted by molar-refractivity contribution is 5.84. The molecule has 31 heavy (non-hydrogen) atoms. The first-order valence-electron chi connectivity index (χ1n) is 9.10. The fourth-order valence-corrected chi connectivity index (χ4v) is 3.36. The van der Waals surface area contributed by atoms with Crippen LogP contribution in [-0.4, -0.2) is 29.8 Å². The summed E-state index contributed by atoms with van der Waals surface area (Å²) < 4.78 is 86.8. The van der Waals surface area contributed by atoms with Gasteiger partial charge in [0, 0.05) is 18.1 Å². The third-order valence-corrected chi connectivity index (χ3v) is 4.80. The minimum Gasteiger partial charge on any atom is -0.496 e. The topological polar surface area (TPSA) is 67.8 Å². The summed E-state index contributed by atoms with van der Waals surface area (Å²) in [5.41, 5.74) is 0.757. The van der Waals surface area contributed by atoms with Gasteiger partial charge in [0.1, 0.15) is 17.4 Å². The third kappa shape index (κ3) is 5.69. The minimum atomic E-state index is -5.13. The Labute approximate surface area is 175 Å². The molecule has 0 saturated carbocycles. The van der Waals surface area contributed by atoms with Gasteiger partial charge in [-0.1, -0.05) is 13.8 Å². The molecule has 10 heteroatoms. The van der Waals surface area contributed by atoms with E-state index in [2.05, 4.69) is 4.99 Å². The third-order valence-electron chi connectivity index (χ3n) is 4.80. The maximum atomic E-state index is 13.9. The molecule has 2 aromatic carbocycles. The predicted molar refractivity (Wildman–Crippen MR) is 104 cm³/mol. The van der Waals surface area contributed by atoms with E-state index in [9.17, 15) is 31.4 Å². The number of halogens is 6. The van der Waals surface area contributed by atoms with Crippen LogP contribution in [0.3, 0.4) is 0 Å². The molecule has 0 amide bonds. The van der Waals surface area contributed by atoms with Gasteiger partial charge in [0.05, 0.1) is 12.8 Å². The van der Waals surface area contributed by atoms with E-state index in [1.807, 2.05) is 0 Å². The molecule has 0 fully saturated rings. The maximum absolute atomic E-state index is 13.9. The Morgan fingerprint density at radius 2 is 1.68 bits per heavy atom. The molecule has 0 aliphatic carbocycles. The first kappa shape index (κ1) is 24.5. The van der Waals surface area contributed by atoms with Crippen molar-refractivity contribution in [2.45, 2.75) is 43.9 Å². The monoisotopic (exact) mass is 448 g/mol. The number of nitrogens with two attached hydrogens (primary N) is 1. The lowest BCUT2D eigenvalue weighted by Gasteiger charge is -2.38. The highest BCUT2D eigenvalue weighted by Gasteiger charge is 2.56. The van der Waals surface area contributed by atoms with Crippen molar-refractivity contribution in [2.75, 3.05) is 7.11 Å². The maximum Gasteiger partial charge on any atom is 0.417 e. The molecule has 3 N–H and O–H groups in total. The van der Waals surface area contributed by atoms with Gasteiger partial charge < -0.3 is 15.6 Å². The van der Waals surface area contributed by atoms with Crippen LogP contribution in [0.5, 0.6) is 5.75 Å². The van der Waals surface area contributed by atoms with E-state index in [0.29, 0.717) is 6.07 Å². The number of benzene rings is 2. The van der Waals surface area contributed by atoms with Crippen molar-refractivity contribution >= 4 is 11.5 Å². The Morgan fingerprint density at radius 3 is 2.23 bits per heavy atom. The number of nitrogens with zero attached hydrogens (tertiary/aromatic N) is 1. The van der Waals surface area contributed by atoms with Crippen LogP contribution >= 0.6 is 0 Å². The number of aliphatic imine (C=N–C) groups is 1. The van der Waals surface area contributed by atoms with E-state index in [-0.39, 0.29) is 17.0 Å². The average Bonchev–Trinajstić information content (AvgIpc) is 2.63. The molecular weight excluding hydrogens is 426 g/mol. The van der Waals surface area contributed by atoms with Crippen molar-refractivity contribution in [3.8, 4) is 5.75 Å². The van der Waals surface area contributed by atoms with Crippen LogP contribution < -0.4 is 10.5 Å². The zero-order valence-corrected chi connectivity index (χ0v) is 17.0. The van der Waals surface area contributed by atoms with Crippen LogP contribution in [0, 0.1) is 17.5 Å². The van der Waals surface area contributed by atoms with Gasteiger partial charge in [-0.3, -0.25) is 0 Å². The largest absolute Gasteiger partial charge is 0.496 e. The lowest BCUT2D eigenvalue weighted by atomic mass is 9.73. The lowest BCUT2D eigenvalue weighted by molar-refractivity contribution is -0.263. The van der Waals surface area contributed by atoms with Crippen LogP contribution in [0.2, 0.25) is 0 Å². The summed E-state index contributed by atoms with van der Waals surface area (Å²) in [7, 11) is 1.29. The summed E-state index contributed by atoms with van der Waals surface area (Å²) in [5.74, 6) is -3.58. The molecular formula is C21H22F6N2O2. The molecule has 0 saturated heterocycles. The summed E-state index contributed by atoms with van der Waals surface area (Å²) in [6.07, 6.45) is -7.17. The molecule has 0 heterocycles. The van der Waals surface area contributed by atoms with Crippen LogP contribution in [0.1, 0.15) is 32.3 Å². The van der Waals surface area contributed by atoms with Crippen LogP contribution in [-0.2, 0) is 5.41 Å². The number of aliphatic hydroxyl groups is 1. The summed E-state index contributed by atoms with van der Waals surface area (Å²) in [5, 5.41) is 10.6. The van der Waals surface area contributed by atoms with E-state index in [4.69, 9.17) is 10.5 Å². The summed E-state index contributed by atoms with van der Waals surface area (Å²) in [6, 6.07) is 5.85. The van der Waals surface area contributed by atoms with Gasteiger partial charge in [0.15, 0.2) is 17.2 Å². The molecule has 2 rings (SSSR count). The fourth-order valence-electron chi connectivity index (χ4n) is 3.36. The Bertz CT molecular complexity index is 975. The molecule has 2 aromatic rings.